The summed E-state index contributed by atoms with van der Waals surface area (Å²) in [6.07, 6.45) is 1.65. The number of hydrogen-bond acceptors (Lipinski definition) is 5. The summed E-state index contributed by atoms with van der Waals surface area (Å²) >= 11 is 0. The molecule has 124 valence electrons. The monoisotopic (exact) mass is 342 g/mol. The molecule has 0 saturated carbocycles. The number of hydrogen-bond donors (Lipinski definition) is 0. The van der Waals surface area contributed by atoms with Crippen LogP contribution in [0, 0.1) is 18.3 Å². The standard InChI is InChI=1S/C17H18N4O2S/c1-14-5-2-3-7-16(14)24(22,23)21-11-9-20(10-12-21)17-15(13-18)6-4-8-19-17/h2-8H,9-12H2,1H3. The molecule has 0 N–H and O–H groups in total. The first kappa shape index (κ1) is 16.4. The van der Waals surface area contributed by atoms with Crippen LogP contribution in [0.5, 0.6) is 0 Å². The van der Waals surface area contributed by atoms with Crippen molar-refractivity contribution in [2.75, 3.05) is 31.1 Å². The molecule has 0 bridgehead atoms. The smallest absolute Gasteiger partial charge is 0.243 e. The van der Waals surface area contributed by atoms with E-state index in [4.69, 9.17) is 0 Å². The highest BCUT2D eigenvalue weighted by atomic mass is 32.2. The number of aryl methyl sites for hydroxylation is 1. The molecule has 0 unspecified atom stereocenters. The lowest BCUT2D eigenvalue weighted by Gasteiger charge is -2.35. The number of anilines is 1. The van der Waals surface area contributed by atoms with Crippen LogP contribution in [-0.2, 0) is 10.0 Å². The van der Waals surface area contributed by atoms with Crippen LogP contribution in [-0.4, -0.2) is 43.9 Å². The average Bonchev–Trinajstić information content (AvgIpc) is 2.62. The molecule has 1 aliphatic heterocycles. The van der Waals surface area contributed by atoms with Crippen molar-refractivity contribution in [1.29, 1.82) is 5.26 Å². The maximum Gasteiger partial charge on any atom is 0.243 e. The highest BCUT2D eigenvalue weighted by molar-refractivity contribution is 7.89. The van der Waals surface area contributed by atoms with E-state index in [1.165, 1.54) is 4.31 Å². The molecule has 6 nitrogen and oxygen atoms in total. The van der Waals surface area contributed by atoms with Crippen molar-refractivity contribution < 1.29 is 8.42 Å². The molecule has 2 aromatic rings. The van der Waals surface area contributed by atoms with Crippen molar-refractivity contribution >= 4 is 15.8 Å². The van der Waals surface area contributed by atoms with Gasteiger partial charge in [-0.15, -0.1) is 0 Å². The molecule has 2 heterocycles. The van der Waals surface area contributed by atoms with E-state index in [-0.39, 0.29) is 0 Å². The van der Waals surface area contributed by atoms with Gasteiger partial charge in [-0.2, -0.15) is 9.57 Å². The second kappa shape index (κ2) is 6.59. The molecule has 0 atom stereocenters. The molecule has 24 heavy (non-hydrogen) atoms. The Morgan fingerprint density at radius 2 is 1.79 bits per heavy atom. The number of pyridine rings is 1. The number of rotatable bonds is 3. The van der Waals surface area contributed by atoms with Crippen LogP contribution in [0.15, 0.2) is 47.5 Å². The summed E-state index contributed by atoms with van der Waals surface area (Å²) in [7, 11) is -3.49. The van der Waals surface area contributed by atoms with Gasteiger partial charge in [0.1, 0.15) is 11.9 Å². The topological polar surface area (TPSA) is 77.3 Å². The maximum absolute atomic E-state index is 12.8. The first-order chi connectivity index (χ1) is 11.5. The van der Waals surface area contributed by atoms with Crippen molar-refractivity contribution in [2.45, 2.75) is 11.8 Å². The van der Waals surface area contributed by atoms with E-state index in [2.05, 4.69) is 11.1 Å². The SMILES string of the molecule is Cc1ccccc1S(=O)(=O)N1CCN(c2ncccc2C#N)CC1. The first-order valence-electron chi connectivity index (χ1n) is 7.70. The summed E-state index contributed by atoms with van der Waals surface area (Å²) in [5.74, 6) is 0.618. The zero-order valence-corrected chi connectivity index (χ0v) is 14.2. The van der Waals surface area contributed by atoms with Crippen LogP contribution in [0.4, 0.5) is 5.82 Å². The van der Waals surface area contributed by atoms with E-state index in [0.717, 1.165) is 5.56 Å². The Hall–Kier alpha value is -2.43. The van der Waals surface area contributed by atoms with Crippen LogP contribution in [0.1, 0.15) is 11.1 Å². The molecule has 7 heteroatoms. The molecule has 1 aromatic heterocycles. The number of piperazine rings is 1. The summed E-state index contributed by atoms with van der Waals surface area (Å²) in [4.78, 5) is 6.58. The molecule has 0 amide bonds. The normalized spacial score (nSPS) is 15.9. The summed E-state index contributed by atoms with van der Waals surface area (Å²) < 4.78 is 27.1. The summed E-state index contributed by atoms with van der Waals surface area (Å²) in [6, 6.07) is 12.6. The minimum atomic E-state index is -3.49. The Labute approximate surface area is 142 Å². The van der Waals surface area contributed by atoms with E-state index >= 15 is 0 Å². The summed E-state index contributed by atoms with van der Waals surface area (Å²) in [5.41, 5.74) is 1.25. The molecule has 0 radical (unpaired) electrons. The van der Waals surface area contributed by atoms with Crippen LogP contribution in [0.3, 0.4) is 0 Å². The molecular formula is C17H18N4O2S. The largest absolute Gasteiger partial charge is 0.353 e. The van der Waals surface area contributed by atoms with Gasteiger partial charge < -0.3 is 4.90 Å². The predicted octanol–water partition coefficient (Wildman–Crippen LogP) is 1.77. The van der Waals surface area contributed by atoms with E-state index < -0.39 is 10.0 Å². The molecule has 1 aliphatic rings. The highest BCUT2D eigenvalue weighted by Gasteiger charge is 2.30. The van der Waals surface area contributed by atoms with Crippen LogP contribution >= 0.6 is 0 Å². The minimum Gasteiger partial charge on any atom is -0.353 e. The van der Waals surface area contributed by atoms with Gasteiger partial charge in [-0.1, -0.05) is 18.2 Å². The Morgan fingerprint density at radius 1 is 1.08 bits per heavy atom. The van der Waals surface area contributed by atoms with Gasteiger partial charge in [0.2, 0.25) is 10.0 Å². The zero-order valence-electron chi connectivity index (χ0n) is 13.4. The lowest BCUT2D eigenvalue weighted by molar-refractivity contribution is 0.383. The minimum absolute atomic E-state index is 0.356. The molecule has 0 aliphatic carbocycles. The van der Waals surface area contributed by atoms with Crippen molar-refractivity contribution in [3.63, 3.8) is 0 Å². The molecule has 1 fully saturated rings. The van der Waals surface area contributed by atoms with Gasteiger partial charge >= 0.3 is 0 Å². The number of aromatic nitrogens is 1. The van der Waals surface area contributed by atoms with Crippen molar-refractivity contribution in [3.8, 4) is 6.07 Å². The predicted molar refractivity (Wildman–Crippen MR) is 91.1 cm³/mol. The third kappa shape index (κ3) is 2.98. The summed E-state index contributed by atoms with van der Waals surface area (Å²) in [6.45, 7) is 3.57. The molecular weight excluding hydrogens is 324 g/mol. The van der Waals surface area contributed by atoms with Crippen LogP contribution in [0.2, 0.25) is 0 Å². The van der Waals surface area contributed by atoms with E-state index in [1.807, 2.05) is 11.0 Å². The van der Waals surface area contributed by atoms with Gasteiger partial charge in [0.05, 0.1) is 10.5 Å². The number of nitrogens with zero attached hydrogens (tertiary/aromatic N) is 4. The van der Waals surface area contributed by atoms with Gasteiger partial charge in [0, 0.05) is 32.4 Å². The van der Waals surface area contributed by atoms with E-state index in [9.17, 15) is 13.7 Å². The van der Waals surface area contributed by atoms with Gasteiger partial charge in [-0.3, -0.25) is 0 Å². The van der Waals surface area contributed by atoms with Crippen molar-refractivity contribution in [2.24, 2.45) is 0 Å². The van der Waals surface area contributed by atoms with E-state index in [0.29, 0.717) is 42.5 Å². The summed E-state index contributed by atoms with van der Waals surface area (Å²) in [5, 5.41) is 9.19. The van der Waals surface area contributed by atoms with Crippen LogP contribution in [0.25, 0.3) is 0 Å². The number of benzene rings is 1. The molecule has 0 spiro atoms. The lowest BCUT2D eigenvalue weighted by atomic mass is 10.2. The van der Waals surface area contributed by atoms with Crippen molar-refractivity contribution in [1.82, 2.24) is 9.29 Å². The van der Waals surface area contributed by atoms with Crippen molar-refractivity contribution in [3.05, 3.63) is 53.7 Å². The maximum atomic E-state index is 12.8. The molecule has 1 saturated heterocycles. The third-order valence-corrected chi connectivity index (χ3v) is 6.22. The fraction of sp³-hybridized carbons (Fsp3) is 0.294. The Morgan fingerprint density at radius 3 is 2.46 bits per heavy atom. The van der Waals surface area contributed by atoms with Gasteiger partial charge in [0.25, 0.3) is 0 Å². The first-order valence-corrected chi connectivity index (χ1v) is 9.14. The van der Waals surface area contributed by atoms with Gasteiger partial charge in [-0.05, 0) is 30.7 Å². The highest BCUT2D eigenvalue weighted by Crippen LogP contribution is 2.23. The molecule has 3 rings (SSSR count). The number of sulfonamides is 1. The molecule has 1 aromatic carbocycles. The quantitative estimate of drug-likeness (QED) is 0.849. The van der Waals surface area contributed by atoms with E-state index in [1.54, 1.807) is 43.5 Å². The average molecular weight is 342 g/mol. The fourth-order valence-corrected chi connectivity index (χ4v) is 4.51. The third-order valence-electron chi connectivity index (χ3n) is 4.16. The van der Waals surface area contributed by atoms with Gasteiger partial charge in [0.15, 0.2) is 0 Å². The Bertz CT molecular complexity index is 881. The van der Waals surface area contributed by atoms with Gasteiger partial charge in [-0.25, -0.2) is 13.4 Å². The zero-order chi connectivity index (χ0) is 17.2. The Balaban J connectivity index is 1.78. The second-order valence-electron chi connectivity index (χ2n) is 5.64. The Kier molecular flexibility index (Phi) is 4.51. The fourth-order valence-electron chi connectivity index (χ4n) is 2.86. The number of nitriles is 1. The second-order valence-corrected chi connectivity index (χ2v) is 7.55. The van der Waals surface area contributed by atoms with Crippen LogP contribution < -0.4 is 4.90 Å². The lowest BCUT2D eigenvalue weighted by Crippen LogP contribution is -2.49.